The lowest BCUT2D eigenvalue weighted by atomic mass is 9.96. The first-order chi connectivity index (χ1) is 11.6. The Morgan fingerprint density at radius 2 is 1.67 bits per heavy atom. The smallest absolute Gasteiger partial charge is 0.353 e. The summed E-state index contributed by atoms with van der Waals surface area (Å²) in [7, 11) is 0. The van der Waals surface area contributed by atoms with E-state index in [1.807, 2.05) is 4.90 Å². The van der Waals surface area contributed by atoms with Crippen molar-refractivity contribution < 1.29 is 4.92 Å². The molecular formula is C16H26N6O2. The second-order valence-corrected chi connectivity index (χ2v) is 6.74. The Balaban J connectivity index is 1.89. The molecule has 24 heavy (non-hydrogen) atoms. The van der Waals surface area contributed by atoms with Crippen molar-refractivity contribution in [3.05, 3.63) is 10.1 Å². The third kappa shape index (κ3) is 3.85. The summed E-state index contributed by atoms with van der Waals surface area (Å²) in [5.74, 6) is 0.740. The molecule has 8 heteroatoms. The van der Waals surface area contributed by atoms with E-state index in [-0.39, 0.29) is 11.5 Å². The van der Waals surface area contributed by atoms with Crippen LogP contribution in [0.3, 0.4) is 0 Å². The maximum absolute atomic E-state index is 11.5. The third-order valence-corrected chi connectivity index (χ3v) is 4.92. The number of nitro groups is 1. The first kappa shape index (κ1) is 16.7. The van der Waals surface area contributed by atoms with Gasteiger partial charge in [-0.2, -0.15) is 9.97 Å². The van der Waals surface area contributed by atoms with Crippen LogP contribution in [0.4, 0.5) is 23.3 Å². The van der Waals surface area contributed by atoms with Crippen LogP contribution in [0.5, 0.6) is 0 Å². The van der Waals surface area contributed by atoms with E-state index in [0.717, 1.165) is 51.6 Å². The third-order valence-electron chi connectivity index (χ3n) is 4.92. The summed E-state index contributed by atoms with van der Waals surface area (Å²) in [5, 5.41) is 14.8. The minimum atomic E-state index is -0.458. The van der Waals surface area contributed by atoms with E-state index in [9.17, 15) is 10.1 Å². The molecule has 132 valence electrons. The number of nitrogen functional groups attached to an aromatic ring is 1. The van der Waals surface area contributed by atoms with Gasteiger partial charge in [0.1, 0.15) is 0 Å². The number of nitrogens with zero attached hydrogens (tertiary/aromatic N) is 4. The molecule has 0 aromatic carbocycles. The maximum atomic E-state index is 11.5. The second kappa shape index (κ2) is 7.63. The van der Waals surface area contributed by atoms with E-state index in [1.165, 1.54) is 19.3 Å². The molecule has 0 amide bonds. The molecule has 1 aliphatic carbocycles. The molecule has 1 saturated heterocycles. The van der Waals surface area contributed by atoms with Crippen molar-refractivity contribution in [3.8, 4) is 0 Å². The molecule has 2 aliphatic rings. The lowest BCUT2D eigenvalue weighted by Crippen LogP contribution is -2.28. The Kier molecular flexibility index (Phi) is 5.32. The fraction of sp³-hybridized carbons (Fsp3) is 0.750. The van der Waals surface area contributed by atoms with Crippen LogP contribution in [0.2, 0.25) is 0 Å². The van der Waals surface area contributed by atoms with Gasteiger partial charge in [0.2, 0.25) is 17.6 Å². The van der Waals surface area contributed by atoms with Crippen molar-refractivity contribution in [2.45, 2.75) is 63.8 Å². The fourth-order valence-electron chi connectivity index (χ4n) is 3.63. The average molecular weight is 334 g/mol. The van der Waals surface area contributed by atoms with Crippen molar-refractivity contribution in [1.29, 1.82) is 0 Å². The van der Waals surface area contributed by atoms with Crippen LogP contribution >= 0.6 is 0 Å². The Morgan fingerprint density at radius 1 is 1.04 bits per heavy atom. The minimum Gasteiger partial charge on any atom is -0.378 e. The largest absolute Gasteiger partial charge is 0.378 e. The summed E-state index contributed by atoms with van der Waals surface area (Å²) in [6.45, 7) is 1.56. The molecule has 1 saturated carbocycles. The summed E-state index contributed by atoms with van der Waals surface area (Å²) in [6.07, 6.45) is 10.2. The van der Waals surface area contributed by atoms with Gasteiger partial charge in [-0.1, -0.05) is 32.1 Å². The lowest BCUT2D eigenvalue weighted by molar-refractivity contribution is -0.383. The normalized spacial score (nSPS) is 19.8. The lowest BCUT2D eigenvalue weighted by Gasteiger charge is -2.25. The highest BCUT2D eigenvalue weighted by Gasteiger charge is 2.28. The molecule has 1 aliphatic heterocycles. The quantitative estimate of drug-likeness (QED) is 0.643. The van der Waals surface area contributed by atoms with E-state index in [0.29, 0.717) is 17.8 Å². The molecule has 0 unspecified atom stereocenters. The highest BCUT2D eigenvalue weighted by Crippen LogP contribution is 2.33. The van der Waals surface area contributed by atoms with Gasteiger partial charge in [-0.15, -0.1) is 0 Å². The number of nitrogens with one attached hydrogen (secondary N) is 1. The molecule has 8 nitrogen and oxygen atoms in total. The van der Waals surface area contributed by atoms with E-state index in [2.05, 4.69) is 15.3 Å². The highest BCUT2D eigenvalue weighted by molar-refractivity contribution is 5.71. The van der Waals surface area contributed by atoms with Crippen molar-refractivity contribution in [3.63, 3.8) is 0 Å². The number of rotatable bonds is 4. The number of hydrogen-bond acceptors (Lipinski definition) is 7. The monoisotopic (exact) mass is 334 g/mol. The summed E-state index contributed by atoms with van der Waals surface area (Å²) in [6, 6.07) is 0.330. The SMILES string of the molecule is Nc1nc(NC2CCCCC2)nc(N2CCCCCC2)c1[N+](=O)[O-]. The predicted octanol–water partition coefficient (Wildman–Crippen LogP) is 3.09. The molecule has 3 rings (SSSR count). The molecule has 0 spiro atoms. The Morgan fingerprint density at radius 3 is 2.29 bits per heavy atom. The number of nitrogens with two attached hydrogens (primary N) is 1. The minimum absolute atomic E-state index is 0.0486. The number of aromatic nitrogens is 2. The molecule has 2 heterocycles. The average Bonchev–Trinajstić information content (AvgIpc) is 2.84. The van der Waals surface area contributed by atoms with Gasteiger partial charge in [0.05, 0.1) is 4.92 Å². The van der Waals surface area contributed by atoms with Crippen LogP contribution in [0, 0.1) is 10.1 Å². The zero-order chi connectivity index (χ0) is 16.9. The van der Waals surface area contributed by atoms with Gasteiger partial charge in [0, 0.05) is 19.1 Å². The maximum Gasteiger partial charge on any atom is 0.353 e. The topological polar surface area (TPSA) is 110 Å². The molecule has 3 N–H and O–H groups in total. The van der Waals surface area contributed by atoms with Gasteiger partial charge in [-0.3, -0.25) is 10.1 Å². The van der Waals surface area contributed by atoms with Crippen LogP contribution in [0.15, 0.2) is 0 Å². The number of hydrogen-bond donors (Lipinski definition) is 2. The number of anilines is 3. The van der Waals surface area contributed by atoms with Crippen molar-refractivity contribution >= 4 is 23.3 Å². The van der Waals surface area contributed by atoms with Crippen LogP contribution in [-0.4, -0.2) is 34.0 Å². The van der Waals surface area contributed by atoms with Crippen LogP contribution in [0.25, 0.3) is 0 Å². The van der Waals surface area contributed by atoms with Crippen LogP contribution < -0.4 is 16.0 Å². The first-order valence-corrected chi connectivity index (χ1v) is 8.98. The Hall–Kier alpha value is -2.12. The molecule has 1 aromatic heterocycles. The Labute approximate surface area is 142 Å². The van der Waals surface area contributed by atoms with Gasteiger partial charge in [-0.25, -0.2) is 0 Å². The fourth-order valence-corrected chi connectivity index (χ4v) is 3.63. The van der Waals surface area contributed by atoms with E-state index in [1.54, 1.807) is 0 Å². The Bertz CT molecular complexity index is 580. The van der Waals surface area contributed by atoms with Gasteiger partial charge in [0.25, 0.3) is 0 Å². The van der Waals surface area contributed by atoms with Gasteiger partial charge >= 0.3 is 5.69 Å². The van der Waals surface area contributed by atoms with E-state index < -0.39 is 4.92 Å². The van der Waals surface area contributed by atoms with Crippen molar-refractivity contribution in [1.82, 2.24) is 9.97 Å². The standard InChI is InChI=1S/C16H26N6O2/c17-14-13(22(23)24)15(21-10-6-1-2-7-11-21)20-16(19-14)18-12-8-4-3-5-9-12/h12H,1-11H2,(H3,17,18,19,20). The summed E-state index contributed by atoms with van der Waals surface area (Å²) in [5.41, 5.74) is 5.75. The predicted molar refractivity (Wildman–Crippen MR) is 94.3 cm³/mol. The van der Waals surface area contributed by atoms with E-state index in [4.69, 9.17) is 5.73 Å². The zero-order valence-corrected chi connectivity index (χ0v) is 14.0. The van der Waals surface area contributed by atoms with Gasteiger partial charge < -0.3 is 16.0 Å². The molecule has 0 bridgehead atoms. The van der Waals surface area contributed by atoms with Gasteiger partial charge in [0.15, 0.2) is 0 Å². The summed E-state index contributed by atoms with van der Waals surface area (Å²) in [4.78, 5) is 21.7. The van der Waals surface area contributed by atoms with Crippen LogP contribution in [-0.2, 0) is 0 Å². The van der Waals surface area contributed by atoms with Crippen LogP contribution in [0.1, 0.15) is 57.8 Å². The zero-order valence-electron chi connectivity index (χ0n) is 14.0. The molecular weight excluding hydrogens is 308 g/mol. The van der Waals surface area contributed by atoms with Crippen molar-refractivity contribution in [2.24, 2.45) is 0 Å². The summed E-state index contributed by atoms with van der Waals surface area (Å²) < 4.78 is 0. The highest BCUT2D eigenvalue weighted by atomic mass is 16.6. The second-order valence-electron chi connectivity index (χ2n) is 6.74. The first-order valence-electron chi connectivity index (χ1n) is 8.98. The molecule has 2 fully saturated rings. The molecule has 0 radical (unpaired) electrons. The van der Waals surface area contributed by atoms with E-state index >= 15 is 0 Å². The van der Waals surface area contributed by atoms with Crippen molar-refractivity contribution in [2.75, 3.05) is 29.0 Å². The molecule has 0 atom stereocenters. The summed E-state index contributed by atoms with van der Waals surface area (Å²) >= 11 is 0. The van der Waals surface area contributed by atoms with Gasteiger partial charge in [-0.05, 0) is 25.7 Å². The molecule has 1 aromatic rings.